The predicted molar refractivity (Wildman–Crippen MR) is 94.7 cm³/mol. The third-order valence-electron chi connectivity index (χ3n) is 3.57. The zero-order valence-electron chi connectivity index (χ0n) is 13.8. The molecule has 0 aliphatic heterocycles. The summed E-state index contributed by atoms with van der Waals surface area (Å²) in [4.78, 5) is 17.2. The number of nitrogens with zero attached hydrogens (tertiary/aromatic N) is 1. The lowest BCUT2D eigenvalue weighted by Gasteiger charge is -2.09. The third kappa shape index (κ3) is 4.27. The highest BCUT2D eigenvalue weighted by Gasteiger charge is 2.18. The van der Waals surface area contributed by atoms with E-state index in [0.717, 1.165) is 15.9 Å². The molecule has 0 saturated carbocycles. The molecule has 7 nitrogen and oxygen atoms in total. The molecule has 3 N–H and O–H groups in total. The van der Waals surface area contributed by atoms with Gasteiger partial charge in [-0.25, -0.2) is 4.79 Å². The number of rotatable bonds is 6. The normalized spacial score (nSPS) is 10.3. The van der Waals surface area contributed by atoms with Gasteiger partial charge in [-0.3, -0.25) is 5.32 Å². The van der Waals surface area contributed by atoms with Gasteiger partial charge in [-0.05, 0) is 11.1 Å². The highest BCUT2D eigenvalue weighted by atomic mass is 16.7. The van der Waals surface area contributed by atoms with Crippen LogP contribution < -0.4 is 10.2 Å². The summed E-state index contributed by atoms with van der Waals surface area (Å²) in [5.74, 6) is -0.785. The highest BCUT2D eigenvalue weighted by Crippen LogP contribution is 2.31. The summed E-state index contributed by atoms with van der Waals surface area (Å²) >= 11 is 0. The minimum absolute atomic E-state index is 0.0198. The van der Waals surface area contributed by atoms with Crippen molar-refractivity contribution in [3.05, 3.63) is 77.9 Å². The lowest BCUT2D eigenvalue weighted by Crippen LogP contribution is -2.14. The average Bonchev–Trinajstić information content (AvgIpc) is 2.93. The molecule has 2 aromatic carbocycles. The molecule has 3 aromatic rings. The molecule has 3 rings (SSSR count). The van der Waals surface area contributed by atoms with E-state index >= 15 is 0 Å². The lowest BCUT2D eigenvalue weighted by atomic mass is 10.2. The van der Waals surface area contributed by atoms with Crippen LogP contribution in [0.2, 0.25) is 0 Å². The molecule has 26 heavy (non-hydrogen) atoms. The fraction of sp³-hybridized carbons (Fsp3) is 0.105. The summed E-state index contributed by atoms with van der Waals surface area (Å²) in [5, 5.41) is 22.4. The second kappa shape index (κ2) is 7.98. The Morgan fingerprint density at radius 3 is 2.12 bits per heavy atom. The van der Waals surface area contributed by atoms with E-state index in [1.165, 1.54) is 6.07 Å². The quantitative estimate of drug-likeness (QED) is 0.632. The summed E-state index contributed by atoms with van der Waals surface area (Å²) in [6.45, 7) is 0.221. The van der Waals surface area contributed by atoms with Crippen molar-refractivity contribution in [1.29, 1.82) is 0 Å². The molecular weight excluding hydrogens is 336 g/mol. The summed E-state index contributed by atoms with van der Waals surface area (Å²) in [7, 11) is 0. The number of aromatic nitrogens is 1. The topological polar surface area (TPSA) is 93.0 Å². The van der Waals surface area contributed by atoms with Crippen LogP contribution in [0.25, 0.3) is 0 Å². The number of anilines is 1. The largest absolute Gasteiger partial charge is 0.492 e. The Hall–Kier alpha value is -3.61. The number of amides is 1. The molecule has 0 fully saturated rings. The van der Waals surface area contributed by atoms with Crippen LogP contribution in [0.4, 0.5) is 10.5 Å². The van der Waals surface area contributed by atoms with Crippen LogP contribution in [0.1, 0.15) is 11.1 Å². The van der Waals surface area contributed by atoms with E-state index in [2.05, 4.69) is 5.32 Å². The summed E-state index contributed by atoms with van der Waals surface area (Å²) < 4.78 is 5.91. The minimum Gasteiger partial charge on any atom is -0.492 e. The van der Waals surface area contributed by atoms with Gasteiger partial charge in [0.05, 0.1) is 0 Å². The lowest BCUT2D eigenvalue weighted by molar-refractivity contribution is 0.0646. The maximum Gasteiger partial charge on any atom is 0.412 e. The van der Waals surface area contributed by atoms with E-state index in [1.54, 1.807) is 0 Å². The van der Waals surface area contributed by atoms with Crippen molar-refractivity contribution in [1.82, 2.24) is 4.73 Å². The first kappa shape index (κ1) is 17.2. The summed E-state index contributed by atoms with van der Waals surface area (Å²) in [5.41, 5.74) is 1.67. The van der Waals surface area contributed by atoms with Crippen LogP contribution in [0.3, 0.4) is 0 Å². The number of aromatic hydroxyl groups is 2. The van der Waals surface area contributed by atoms with Crippen LogP contribution in [-0.4, -0.2) is 21.0 Å². The van der Waals surface area contributed by atoms with Gasteiger partial charge in [-0.1, -0.05) is 60.7 Å². The molecule has 0 saturated heterocycles. The first-order valence-electron chi connectivity index (χ1n) is 7.92. The second-order valence-electron chi connectivity index (χ2n) is 5.48. The zero-order valence-corrected chi connectivity index (χ0v) is 13.8. The van der Waals surface area contributed by atoms with Crippen molar-refractivity contribution in [3.63, 3.8) is 0 Å². The van der Waals surface area contributed by atoms with E-state index in [0.29, 0.717) is 0 Å². The minimum atomic E-state index is -0.760. The molecule has 7 heteroatoms. The first-order chi connectivity index (χ1) is 12.6. The molecule has 0 radical (unpaired) electrons. The number of benzene rings is 2. The number of hydrogen-bond donors (Lipinski definition) is 3. The van der Waals surface area contributed by atoms with Gasteiger partial charge < -0.3 is 19.8 Å². The smallest absolute Gasteiger partial charge is 0.412 e. The first-order valence-corrected chi connectivity index (χ1v) is 7.92. The van der Waals surface area contributed by atoms with Crippen molar-refractivity contribution in [3.8, 4) is 11.8 Å². The number of carbonyl (C=O) groups is 1. The van der Waals surface area contributed by atoms with E-state index in [4.69, 9.17) is 9.57 Å². The Morgan fingerprint density at radius 2 is 1.50 bits per heavy atom. The van der Waals surface area contributed by atoms with Crippen LogP contribution >= 0.6 is 0 Å². The molecule has 1 heterocycles. The van der Waals surface area contributed by atoms with Gasteiger partial charge in [0.1, 0.15) is 18.9 Å². The molecular formula is C19H18N2O5. The van der Waals surface area contributed by atoms with Gasteiger partial charge in [0, 0.05) is 6.07 Å². The Kier molecular flexibility index (Phi) is 5.28. The van der Waals surface area contributed by atoms with Crippen LogP contribution in [0, 0.1) is 0 Å². The van der Waals surface area contributed by atoms with E-state index in [9.17, 15) is 15.0 Å². The van der Waals surface area contributed by atoms with Crippen LogP contribution in [0.5, 0.6) is 11.8 Å². The molecule has 0 spiro atoms. The molecule has 0 atom stereocenters. The number of nitrogens with one attached hydrogen (secondary N) is 1. The maximum atomic E-state index is 11.9. The fourth-order valence-corrected chi connectivity index (χ4v) is 2.27. The van der Waals surface area contributed by atoms with Gasteiger partial charge in [-0.2, -0.15) is 0 Å². The van der Waals surface area contributed by atoms with Crippen molar-refractivity contribution in [2.24, 2.45) is 0 Å². The predicted octanol–water partition coefficient (Wildman–Crippen LogP) is 3.28. The SMILES string of the molecule is O=C(Nc1cc(O)n(OCc2ccccc2)c1O)OCc1ccccc1. The van der Waals surface area contributed by atoms with Gasteiger partial charge >= 0.3 is 6.09 Å². The standard InChI is InChI=1S/C19H18N2O5/c22-17-11-16(20-19(24)25-12-14-7-3-1-4-8-14)18(23)21(17)26-13-15-9-5-2-6-10-15/h1-11,22-23H,12-13H2,(H,20,24). The molecule has 0 aliphatic rings. The van der Waals surface area contributed by atoms with Crippen LogP contribution in [0.15, 0.2) is 66.7 Å². The highest BCUT2D eigenvalue weighted by molar-refractivity contribution is 5.86. The molecule has 0 aliphatic carbocycles. The van der Waals surface area contributed by atoms with E-state index < -0.39 is 12.0 Å². The molecule has 1 aromatic heterocycles. The van der Waals surface area contributed by atoms with Crippen molar-refractivity contribution in [2.75, 3.05) is 5.32 Å². The Bertz CT molecular complexity index is 862. The molecule has 0 bridgehead atoms. The zero-order chi connectivity index (χ0) is 18.4. The maximum absolute atomic E-state index is 11.9. The number of ether oxygens (including phenoxy) is 1. The van der Waals surface area contributed by atoms with Crippen molar-refractivity contribution < 1.29 is 24.6 Å². The Labute approximate surface area is 150 Å². The van der Waals surface area contributed by atoms with Gasteiger partial charge in [0.15, 0.2) is 0 Å². The van der Waals surface area contributed by atoms with Gasteiger partial charge in [-0.15, -0.1) is 4.73 Å². The van der Waals surface area contributed by atoms with Gasteiger partial charge in [0.2, 0.25) is 5.88 Å². The van der Waals surface area contributed by atoms with Crippen molar-refractivity contribution >= 4 is 11.8 Å². The monoisotopic (exact) mass is 354 g/mol. The number of hydrogen-bond acceptors (Lipinski definition) is 5. The second-order valence-corrected chi connectivity index (χ2v) is 5.48. The molecule has 134 valence electrons. The average molecular weight is 354 g/mol. The summed E-state index contributed by atoms with van der Waals surface area (Å²) in [6, 6.07) is 19.6. The fourth-order valence-electron chi connectivity index (χ4n) is 2.27. The van der Waals surface area contributed by atoms with Gasteiger partial charge in [0.25, 0.3) is 5.88 Å². The Balaban J connectivity index is 1.59. The Morgan fingerprint density at radius 1 is 0.923 bits per heavy atom. The van der Waals surface area contributed by atoms with E-state index in [1.807, 2.05) is 60.7 Å². The van der Waals surface area contributed by atoms with Crippen LogP contribution in [-0.2, 0) is 18.0 Å². The molecule has 1 amide bonds. The van der Waals surface area contributed by atoms with Crippen molar-refractivity contribution in [2.45, 2.75) is 13.2 Å². The summed E-state index contributed by atoms with van der Waals surface area (Å²) in [6.07, 6.45) is -0.760. The number of carbonyl (C=O) groups excluding carboxylic acids is 1. The molecule has 0 unspecified atom stereocenters. The third-order valence-corrected chi connectivity index (χ3v) is 3.57. The van der Waals surface area contributed by atoms with E-state index in [-0.39, 0.29) is 24.8 Å².